The maximum absolute atomic E-state index is 13.1. The fourth-order valence-corrected chi connectivity index (χ4v) is 4.11. The third kappa shape index (κ3) is 5.74. The number of urea groups is 1. The second kappa shape index (κ2) is 10.2. The fourth-order valence-electron chi connectivity index (χ4n) is 4.11. The van der Waals surface area contributed by atoms with Gasteiger partial charge < -0.3 is 30.1 Å². The summed E-state index contributed by atoms with van der Waals surface area (Å²) in [7, 11) is 0. The first-order valence-corrected chi connectivity index (χ1v) is 11.0. The molecule has 9 heteroatoms. The average molecular weight is 453 g/mol. The molecule has 2 aliphatic rings. The van der Waals surface area contributed by atoms with Gasteiger partial charge in [0.25, 0.3) is 0 Å². The zero-order valence-electron chi connectivity index (χ0n) is 18.2. The first-order valence-electron chi connectivity index (χ1n) is 11.0. The Kier molecular flexibility index (Phi) is 6.97. The molecule has 3 amide bonds. The van der Waals surface area contributed by atoms with Crippen LogP contribution in [0.15, 0.2) is 48.5 Å². The van der Waals surface area contributed by atoms with E-state index in [1.165, 1.54) is 0 Å². The smallest absolute Gasteiger partial charge is 0.315 e. The molecule has 2 aromatic rings. The van der Waals surface area contributed by atoms with Crippen molar-refractivity contribution in [1.82, 2.24) is 15.5 Å². The van der Waals surface area contributed by atoms with Gasteiger partial charge in [-0.05, 0) is 42.5 Å². The Hall–Kier alpha value is -3.75. The Bertz CT molecular complexity index is 1010. The van der Waals surface area contributed by atoms with Crippen LogP contribution in [0.25, 0.3) is 0 Å². The second-order valence-corrected chi connectivity index (χ2v) is 8.17. The van der Waals surface area contributed by atoms with Crippen LogP contribution in [0.5, 0.6) is 11.5 Å². The number of nitrogens with zero attached hydrogens (tertiary/aromatic N) is 1. The van der Waals surface area contributed by atoms with Gasteiger partial charge in [-0.25, -0.2) is 4.79 Å². The largest absolute Gasteiger partial charge is 0.481 e. The lowest BCUT2D eigenvalue weighted by Gasteiger charge is -2.26. The Morgan fingerprint density at radius 3 is 2.67 bits per heavy atom. The summed E-state index contributed by atoms with van der Waals surface area (Å²) in [5.41, 5.74) is 1.61. The Morgan fingerprint density at radius 1 is 1.09 bits per heavy atom. The van der Waals surface area contributed by atoms with Crippen LogP contribution in [0.3, 0.4) is 0 Å². The normalized spacial score (nSPS) is 18.4. The van der Waals surface area contributed by atoms with E-state index in [1.54, 1.807) is 23.1 Å². The molecule has 174 valence electrons. The van der Waals surface area contributed by atoms with E-state index in [0.717, 1.165) is 18.4 Å². The van der Waals surface area contributed by atoms with Gasteiger partial charge in [0, 0.05) is 13.1 Å². The third-order valence-corrected chi connectivity index (χ3v) is 5.79. The summed E-state index contributed by atoms with van der Waals surface area (Å²) >= 11 is 0. The zero-order chi connectivity index (χ0) is 23.2. The van der Waals surface area contributed by atoms with E-state index >= 15 is 0 Å². The molecule has 9 nitrogen and oxygen atoms in total. The van der Waals surface area contributed by atoms with Gasteiger partial charge >= 0.3 is 12.0 Å². The molecule has 0 radical (unpaired) electrons. The maximum atomic E-state index is 13.1. The molecule has 2 unspecified atom stereocenters. The van der Waals surface area contributed by atoms with Gasteiger partial charge in [0.05, 0.1) is 12.5 Å². The van der Waals surface area contributed by atoms with E-state index in [9.17, 15) is 19.5 Å². The van der Waals surface area contributed by atoms with Crippen molar-refractivity contribution in [2.75, 3.05) is 13.3 Å². The van der Waals surface area contributed by atoms with E-state index < -0.39 is 24.1 Å². The molecule has 2 aromatic carbocycles. The number of hydrogen-bond acceptors (Lipinski definition) is 5. The van der Waals surface area contributed by atoms with E-state index in [2.05, 4.69) is 10.6 Å². The fraction of sp³-hybridized carbons (Fsp3) is 0.375. The maximum Gasteiger partial charge on any atom is 0.315 e. The SMILES string of the molecule is O=C(O)CC(NC(=O)NC1CCCCN(Cc2ccccc2)C1=O)c1ccc2c(c1)OCO2. The molecule has 0 spiro atoms. The number of ether oxygens (including phenoxy) is 2. The Balaban J connectivity index is 1.42. The number of carboxylic acids is 1. The predicted molar refractivity (Wildman–Crippen MR) is 119 cm³/mol. The van der Waals surface area contributed by atoms with Crippen LogP contribution in [0.1, 0.15) is 42.9 Å². The summed E-state index contributed by atoms with van der Waals surface area (Å²) in [5, 5.41) is 14.8. The Morgan fingerprint density at radius 2 is 1.88 bits per heavy atom. The first-order chi connectivity index (χ1) is 16.0. The number of hydrogen-bond donors (Lipinski definition) is 3. The second-order valence-electron chi connectivity index (χ2n) is 8.17. The van der Waals surface area contributed by atoms with Crippen LogP contribution in [0.4, 0.5) is 4.79 Å². The summed E-state index contributed by atoms with van der Waals surface area (Å²) < 4.78 is 10.7. The molecule has 1 fully saturated rings. The van der Waals surface area contributed by atoms with Gasteiger partial charge in [-0.15, -0.1) is 0 Å². The molecular formula is C24H27N3O6. The molecule has 3 N–H and O–H groups in total. The molecule has 0 saturated carbocycles. The lowest BCUT2D eigenvalue weighted by molar-refractivity contribution is -0.137. The van der Waals surface area contributed by atoms with Crippen molar-refractivity contribution < 1.29 is 29.0 Å². The van der Waals surface area contributed by atoms with Crippen LogP contribution in [-0.4, -0.2) is 47.3 Å². The van der Waals surface area contributed by atoms with Crippen LogP contribution in [-0.2, 0) is 16.1 Å². The number of carboxylic acid groups (broad SMARTS) is 1. The van der Waals surface area contributed by atoms with Gasteiger partial charge in [-0.3, -0.25) is 9.59 Å². The number of benzene rings is 2. The highest BCUT2D eigenvalue weighted by atomic mass is 16.7. The predicted octanol–water partition coefficient (Wildman–Crippen LogP) is 2.81. The van der Waals surface area contributed by atoms with Crippen molar-refractivity contribution in [3.05, 3.63) is 59.7 Å². The van der Waals surface area contributed by atoms with Crippen molar-refractivity contribution in [1.29, 1.82) is 0 Å². The summed E-state index contributed by atoms with van der Waals surface area (Å²) in [6.07, 6.45) is 1.89. The lowest BCUT2D eigenvalue weighted by Crippen LogP contribution is -2.50. The monoisotopic (exact) mass is 453 g/mol. The quantitative estimate of drug-likeness (QED) is 0.594. The molecule has 1 saturated heterocycles. The van der Waals surface area contributed by atoms with Crippen LogP contribution in [0, 0.1) is 0 Å². The van der Waals surface area contributed by atoms with E-state index in [-0.39, 0.29) is 19.1 Å². The molecule has 2 heterocycles. The van der Waals surface area contributed by atoms with Crippen molar-refractivity contribution in [3.8, 4) is 11.5 Å². The minimum atomic E-state index is -1.06. The number of nitrogens with one attached hydrogen (secondary N) is 2. The molecule has 0 bridgehead atoms. The topological polar surface area (TPSA) is 117 Å². The molecule has 2 aliphatic heterocycles. The molecule has 0 aromatic heterocycles. The number of aliphatic carboxylic acids is 1. The van der Waals surface area contributed by atoms with Crippen molar-refractivity contribution in [2.24, 2.45) is 0 Å². The summed E-state index contributed by atoms with van der Waals surface area (Å²) in [4.78, 5) is 39.1. The molecule has 4 rings (SSSR count). The highest BCUT2D eigenvalue weighted by Crippen LogP contribution is 2.34. The van der Waals surface area contributed by atoms with Crippen LogP contribution in [0.2, 0.25) is 0 Å². The van der Waals surface area contributed by atoms with Gasteiger partial charge in [-0.2, -0.15) is 0 Å². The Labute approximate surface area is 191 Å². The minimum absolute atomic E-state index is 0.0968. The summed E-state index contributed by atoms with van der Waals surface area (Å²) in [6.45, 7) is 1.21. The van der Waals surface area contributed by atoms with Crippen molar-refractivity contribution in [2.45, 2.75) is 44.3 Å². The highest BCUT2D eigenvalue weighted by molar-refractivity contribution is 5.87. The van der Waals surface area contributed by atoms with Crippen LogP contribution < -0.4 is 20.1 Å². The van der Waals surface area contributed by atoms with Gasteiger partial charge in [-0.1, -0.05) is 36.4 Å². The number of carbonyl (C=O) groups excluding carboxylic acids is 2. The molecule has 33 heavy (non-hydrogen) atoms. The summed E-state index contributed by atoms with van der Waals surface area (Å²) in [6, 6.07) is 12.7. The van der Waals surface area contributed by atoms with Gasteiger partial charge in [0.15, 0.2) is 11.5 Å². The van der Waals surface area contributed by atoms with E-state index in [1.807, 2.05) is 30.3 Å². The van der Waals surface area contributed by atoms with E-state index in [0.29, 0.717) is 36.6 Å². The number of carbonyl (C=O) groups is 3. The number of rotatable bonds is 7. The molecule has 2 atom stereocenters. The number of amides is 3. The number of likely N-dealkylation sites (tertiary alicyclic amines) is 1. The third-order valence-electron chi connectivity index (χ3n) is 5.79. The zero-order valence-corrected chi connectivity index (χ0v) is 18.2. The van der Waals surface area contributed by atoms with Gasteiger partial charge in [0.2, 0.25) is 12.7 Å². The minimum Gasteiger partial charge on any atom is -0.481 e. The van der Waals surface area contributed by atoms with Crippen molar-refractivity contribution >= 4 is 17.9 Å². The highest BCUT2D eigenvalue weighted by Gasteiger charge is 2.29. The van der Waals surface area contributed by atoms with Crippen LogP contribution >= 0.6 is 0 Å². The molecular weight excluding hydrogens is 426 g/mol. The van der Waals surface area contributed by atoms with Crippen molar-refractivity contribution in [3.63, 3.8) is 0 Å². The first kappa shape index (κ1) is 22.4. The number of fused-ring (bicyclic) bond motifs is 1. The lowest BCUT2D eigenvalue weighted by atomic mass is 10.0. The standard InChI is InChI=1S/C24H27N3O6/c28-22(29)13-19(17-9-10-20-21(12-17)33-15-32-20)26-24(31)25-18-8-4-5-11-27(23(18)30)14-16-6-2-1-3-7-16/h1-3,6-7,9-10,12,18-19H,4-5,8,11,13-15H2,(H,28,29)(H2,25,26,31). The summed E-state index contributed by atoms with van der Waals surface area (Å²) in [5.74, 6) is -0.123. The molecule has 0 aliphatic carbocycles. The average Bonchev–Trinajstić information content (AvgIpc) is 3.21. The van der Waals surface area contributed by atoms with E-state index in [4.69, 9.17) is 9.47 Å². The van der Waals surface area contributed by atoms with Gasteiger partial charge in [0.1, 0.15) is 6.04 Å².